The molecular weight excluding hydrogens is 376 g/mol. The fourth-order valence-corrected chi connectivity index (χ4v) is 3.93. The first-order chi connectivity index (χ1) is 13.8. The number of aliphatic hydroxyl groups excluding tert-OH is 1. The van der Waals surface area contributed by atoms with Gasteiger partial charge in [0.05, 0.1) is 26.2 Å². The molecule has 154 valence electrons. The summed E-state index contributed by atoms with van der Waals surface area (Å²) in [5.41, 5.74) is 0.758. The molecule has 0 fully saturated rings. The highest BCUT2D eigenvalue weighted by Gasteiger charge is 2.40. The highest BCUT2D eigenvalue weighted by atomic mass is 16.5. The van der Waals surface area contributed by atoms with E-state index in [4.69, 9.17) is 18.9 Å². The Labute approximate surface area is 168 Å². The number of Topliss-reactive ketones (excluding diaryl/α,β-unsaturated/α-hetero) is 1. The number of phenols is 1. The van der Waals surface area contributed by atoms with E-state index in [0.717, 1.165) is 5.56 Å². The number of fused-ring (bicyclic) bond motifs is 2. The first-order valence-corrected chi connectivity index (χ1v) is 9.41. The molecule has 0 aromatic heterocycles. The van der Waals surface area contributed by atoms with E-state index in [0.29, 0.717) is 35.0 Å². The van der Waals surface area contributed by atoms with Crippen LogP contribution in [0.3, 0.4) is 0 Å². The molecule has 2 heterocycles. The number of ether oxygens (including phenoxy) is 4. The summed E-state index contributed by atoms with van der Waals surface area (Å²) >= 11 is 0. The van der Waals surface area contributed by atoms with E-state index in [2.05, 4.69) is 0 Å². The van der Waals surface area contributed by atoms with Crippen molar-refractivity contribution in [1.82, 2.24) is 0 Å². The van der Waals surface area contributed by atoms with Crippen LogP contribution in [-0.4, -0.2) is 48.5 Å². The van der Waals surface area contributed by atoms with Crippen LogP contribution >= 0.6 is 0 Å². The van der Waals surface area contributed by atoms with Crippen LogP contribution in [0.1, 0.15) is 41.3 Å². The van der Waals surface area contributed by atoms with Crippen LogP contribution in [-0.2, 0) is 6.42 Å². The number of hydrogen-bond donors (Lipinski definition) is 2. The molecule has 2 aliphatic rings. The SMILES string of the molecule is COc1cc(O)c2c(c1)OC[C@H](c1ccc3c(c1OC)C[C@@H](O)C(C)(C)O3)C2=O. The smallest absolute Gasteiger partial charge is 0.181 e. The number of carbonyl (C=O) groups excluding carboxylic acids is 1. The van der Waals surface area contributed by atoms with Crippen molar-refractivity contribution in [2.24, 2.45) is 0 Å². The fraction of sp³-hybridized carbons (Fsp3) is 0.409. The van der Waals surface area contributed by atoms with E-state index in [1.54, 1.807) is 18.2 Å². The van der Waals surface area contributed by atoms with Gasteiger partial charge in [-0.25, -0.2) is 0 Å². The van der Waals surface area contributed by atoms with E-state index in [-0.39, 0.29) is 23.7 Å². The summed E-state index contributed by atoms with van der Waals surface area (Å²) < 4.78 is 22.5. The molecular formula is C22H24O7. The number of hydrogen-bond acceptors (Lipinski definition) is 7. The standard InChI is InChI=1S/C22H24O7/c1-22(2)18(24)9-13-16(29-22)6-5-12(21(13)27-4)14-10-28-17-8-11(26-3)7-15(23)19(17)20(14)25/h5-8,14,18,23-24H,9-10H2,1-4H3/t14-,18-/m1/s1. The zero-order chi connectivity index (χ0) is 20.9. The summed E-state index contributed by atoms with van der Waals surface area (Å²) in [6, 6.07) is 6.54. The number of ketones is 1. The van der Waals surface area contributed by atoms with Crippen molar-refractivity contribution in [1.29, 1.82) is 0 Å². The summed E-state index contributed by atoms with van der Waals surface area (Å²) in [5, 5.41) is 20.8. The molecule has 2 aromatic carbocycles. The van der Waals surface area contributed by atoms with Crippen LogP contribution in [0.2, 0.25) is 0 Å². The molecule has 0 aliphatic carbocycles. The molecule has 29 heavy (non-hydrogen) atoms. The highest BCUT2D eigenvalue weighted by molar-refractivity contribution is 6.07. The third kappa shape index (κ3) is 3.06. The van der Waals surface area contributed by atoms with Crippen molar-refractivity contribution in [3.05, 3.63) is 41.0 Å². The van der Waals surface area contributed by atoms with Gasteiger partial charge < -0.3 is 29.2 Å². The molecule has 7 nitrogen and oxygen atoms in total. The van der Waals surface area contributed by atoms with Crippen LogP contribution in [0.4, 0.5) is 0 Å². The van der Waals surface area contributed by atoms with Gasteiger partial charge in [0.2, 0.25) is 0 Å². The summed E-state index contributed by atoms with van der Waals surface area (Å²) in [4.78, 5) is 13.2. The van der Waals surface area contributed by atoms with Crippen LogP contribution in [0.25, 0.3) is 0 Å². The lowest BCUT2D eigenvalue weighted by molar-refractivity contribution is -0.0417. The Hall–Kier alpha value is -2.93. The molecule has 0 bridgehead atoms. The van der Waals surface area contributed by atoms with E-state index < -0.39 is 17.6 Å². The molecule has 0 unspecified atom stereocenters. The third-order valence-corrected chi connectivity index (χ3v) is 5.66. The second kappa shape index (κ2) is 6.84. The van der Waals surface area contributed by atoms with Gasteiger partial charge in [0.15, 0.2) is 5.78 Å². The highest BCUT2D eigenvalue weighted by Crippen LogP contribution is 2.46. The molecule has 0 amide bonds. The van der Waals surface area contributed by atoms with Crippen molar-refractivity contribution in [3.8, 4) is 28.7 Å². The monoisotopic (exact) mass is 400 g/mol. The summed E-state index contributed by atoms with van der Waals surface area (Å²) in [6.07, 6.45) is -0.366. The number of rotatable bonds is 3. The number of aliphatic hydroxyl groups is 1. The minimum atomic E-state index is -0.715. The van der Waals surface area contributed by atoms with Crippen LogP contribution < -0.4 is 18.9 Å². The zero-order valence-corrected chi connectivity index (χ0v) is 16.8. The lowest BCUT2D eigenvalue weighted by atomic mass is 9.84. The van der Waals surface area contributed by atoms with E-state index in [1.807, 2.05) is 13.8 Å². The second-order valence-corrected chi connectivity index (χ2v) is 7.84. The summed E-state index contributed by atoms with van der Waals surface area (Å²) in [6.45, 7) is 3.75. The number of carbonyl (C=O) groups is 1. The Morgan fingerprint density at radius 2 is 1.90 bits per heavy atom. The Morgan fingerprint density at radius 3 is 2.59 bits per heavy atom. The Kier molecular flexibility index (Phi) is 4.58. The van der Waals surface area contributed by atoms with Crippen LogP contribution in [0, 0.1) is 0 Å². The maximum Gasteiger partial charge on any atom is 0.181 e. The van der Waals surface area contributed by atoms with Crippen molar-refractivity contribution in [3.63, 3.8) is 0 Å². The molecule has 4 rings (SSSR count). The fourth-order valence-electron chi connectivity index (χ4n) is 3.93. The van der Waals surface area contributed by atoms with Gasteiger partial charge in [-0.15, -0.1) is 0 Å². The van der Waals surface area contributed by atoms with E-state index in [9.17, 15) is 15.0 Å². The van der Waals surface area contributed by atoms with Gasteiger partial charge in [-0.3, -0.25) is 4.79 Å². The zero-order valence-electron chi connectivity index (χ0n) is 16.8. The largest absolute Gasteiger partial charge is 0.507 e. The predicted octanol–water partition coefficient (Wildman–Crippen LogP) is 2.84. The average Bonchev–Trinajstić information content (AvgIpc) is 2.68. The van der Waals surface area contributed by atoms with Crippen molar-refractivity contribution >= 4 is 5.78 Å². The topological polar surface area (TPSA) is 94.5 Å². The van der Waals surface area contributed by atoms with Gasteiger partial charge >= 0.3 is 0 Å². The maximum atomic E-state index is 13.2. The first-order valence-electron chi connectivity index (χ1n) is 9.41. The summed E-state index contributed by atoms with van der Waals surface area (Å²) in [7, 11) is 3.00. The van der Waals surface area contributed by atoms with Gasteiger partial charge in [0.1, 0.15) is 46.5 Å². The van der Waals surface area contributed by atoms with Gasteiger partial charge in [-0.2, -0.15) is 0 Å². The number of benzene rings is 2. The number of methoxy groups -OCH3 is 2. The average molecular weight is 400 g/mol. The molecule has 2 N–H and O–H groups in total. The minimum Gasteiger partial charge on any atom is -0.507 e. The predicted molar refractivity (Wildman–Crippen MR) is 105 cm³/mol. The van der Waals surface area contributed by atoms with Crippen LogP contribution in [0.5, 0.6) is 28.7 Å². The van der Waals surface area contributed by atoms with Crippen molar-refractivity contribution in [2.45, 2.75) is 37.9 Å². The Bertz CT molecular complexity index is 980. The van der Waals surface area contributed by atoms with Crippen molar-refractivity contribution in [2.75, 3.05) is 20.8 Å². The second-order valence-electron chi connectivity index (χ2n) is 7.84. The lowest BCUT2D eigenvalue weighted by Gasteiger charge is -2.38. The van der Waals surface area contributed by atoms with Crippen molar-refractivity contribution < 1.29 is 34.0 Å². The van der Waals surface area contributed by atoms with Crippen LogP contribution in [0.15, 0.2) is 24.3 Å². The quantitative estimate of drug-likeness (QED) is 0.818. The molecule has 0 spiro atoms. The normalized spacial score (nSPS) is 22.0. The molecule has 0 radical (unpaired) electrons. The molecule has 2 atom stereocenters. The Morgan fingerprint density at radius 1 is 1.14 bits per heavy atom. The van der Waals surface area contributed by atoms with E-state index in [1.165, 1.54) is 20.3 Å². The molecule has 0 saturated carbocycles. The first kappa shape index (κ1) is 19.4. The van der Waals surface area contributed by atoms with E-state index >= 15 is 0 Å². The van der Waals surface area contributed by atoms with Gasteiger partial charge in [-0.05, 0) is 19.9 Å². The third-order valence-electron chi connectivity index (χ3n) is 5.66. The lowest BCUT2D eigenvalue weighted by Crippen LogP contribution is -2.46. The molecule has 2 aromatic rings. The summed E-state index contributed by atoms with van der Waals surface area (Å²) in [5.74, 6) is 0.713. The number of phenolic OH excluding ortho intramolecular Hbond substituents is 1. The molecule has 0 saturated heterocycles. The minimum absolute atomic E-state index is 0.0997. The maximum absolute atomic E-state index is 13.2. The molecule has 2 aliphatic heterocycles. The van der Waals surface area contributed by atoms with Gasteiger partial charge in [0, 0.05) is 29.7 Å². The Balaban J connectivity index is 1.77. The van der Waals surface area contributed by atoms with Gasteiger partial charge in [-0.1, -0.05) is 6.07 Å². The molecule has 7 heteroatoms. The van der Waals surface area contributed by atoms with Gasteiger partial charge in [0.25, 0.3) is 0 Å². The number of aromatic hydroxyl groups is 1.